The average molecular weight is 310 g/mol. The van der Waals surface area contributed by atoms with Crippen molar-refractivity contribution in [2.75, 3.05) is 6.54 Å². The van der Waals surface area contributed by atoms with Crippen LogP contribution in [-0.4, -0.2) is 29.8 Å². The van der Waals surface area contributed by atoms with Crippen LogP contribution in [0.3, 0.4) is 0 Å². The summed E-state index contributed by atoms with van der Waals surface area (Å²) in [7, 11) is 0. The van der Waals surface area contributed by atoms with Crippen molar-refractivity contribution in [2.45, 2.75) is 96.2 Å². The Morgan fingerprint density at radius 2 is 1.86 bits per heavy atom. The highest BCUT2D eigenvalue weighted by atomic mass is 16.6. The lowest BCUT2D eigenvalue weighted by molar-refractivity contribution is 0.0372. The molecule has 0 heterocycles. The van der Waals surface area contributed by atoms with Crippen LogP contribution in [0.2, 0.25) is 0 Å². The van der Waals surface area contributed by atoms with Crippen LogP contribution in [-0.2, 0) is 4.74 Å². The first-order valence-corrected chi connectivity index (χ1v) is 9.08. The molecule has 0 aromatic heterocycles. The molecule has 2 aliphatic rings. The van der Waals surface area contributed by atoms with E-state index in [4.69, 9.17) is 4.74 Å². The highest BCUT2D eigenvalue weighted by molar-refractivity contribution is 5.69. The molecule has 22 heavy (non-hydrogen) atoms. The van der Waals surface area contributed by atoms with E-state index in [0.717, 1.165) is 25.3 Å². The summed E-state index contributed by atoms with van der Waals surface area (Å²) in [5.41, 5.74) is -0.517. The minimum Gasteiger partial charge on any atom is -0.444 e. The molecule has 2 rings (SSSR count). The zero-order valence-electron chi connectivity index (χ0n) is 14.8. The van der Waals surface area contributed by atoms with E-state index in [2.05, 4.69) is 17.6 Å². The Hall–Kier alpha value is -0.770. The zero-order chi connectivity index (χ0) is 16.2. The maximum Gasteiger partial charge on any atom is 0.408 e. The molecule has 4 nitrogen and oxygen atoms in total. The van der Waals surface area contributed by atoms with Crippen molar-refractivity contribution >= 4 is 6.09 Å². The summed E-state index contributed by atoms with van der Waals surface area (Å²) in [6.07, 6.45) is 9.62. The van der Waals surface area contributed by atoms with Gasteiger partial charge in [-0.15, -0.1) is 0 Å². The summed E-state index contributed by atoms with van der Waals surface area (Å²) in [5.74, 6) is 0.799. The Morgan fingerprint density at radius 3 is 2.41 bits per heavy atom. The number of alkyl carbamates (subject to hydrolysis) is 1. The molecule has 0 saturated heterocycles. The quantitative estimate of drug-likeness (QED) is 0.807. The lowest BCUT2D eigenvalue weighted by Crippen LogP contribution is -2.61. The van der Waals surface area contributed by atoms with Crippen LogP contribution in [0.4, 0.5) is 4.79 Å². The van der Waals surface area contributed by atoms with Crippen LogP contribution in [0.1, 0.15) is 79.1 Å². The molecule has 2 atom stereocenters. The fourth-order valence-electron chi connectivity index (χ4n) is 3.76. The number of hydrogen-bond donors (Lipinski definition) is 2. The van der Waals surface area contributed by atoms with Gasteiger partial charge in [-0.2, -0.15) is 0 Å². The van der Waals surface area contributed by atoms with Crippen LogP contribution in [0.5, 0.6) is 0 Å². The summed E-state index contributed by atoms with van der Waals surface area (Å²) in [5, 5.41) is 6.90. The Balaban J connectivity index is 1.84. The van der Waals surface area contributed by atoms with Gasteiger partial charge in [0.2, 0.25) is 0 Å². The number of ether oxygens (including phenoxy) is 1. The molecule has 2 saturated carbocycles. The maximum absolute atomic E-state index is 12.1. The molecule has 2 N–H and O–H groups in total. The smallest absolute Gasteiger partial charge is 0.408 e. The average Bonchev–Trinajstić information content (AvgIpc) is 2.40. The van der Waals surface area contributed by atoms with Gasteiger partial charge in [-0.05, 0) is 58.8 Å². The third-order valence-corrected chi connectivity index (χ3v) is 5.21. The Labute approximate surface area is 135 Å². The van der Waals surface area contributed by atoms with E-state index >= 15 is 0 Å². The van der Waals surface area contributed by atoms with Gasteiger partial charge >= 0.3 is 6.09 Å². The van der Waals surface area contributed by atoms with Crippen molar-refractivity contribution in [1.29, 1.82) is 0 Å². The minimum atomic E-state index is -0.431. The normalized spacial score (nSPS) is 27.8. The van der Waals surface area contributed by atoms with E-state index in [0.29, 0.717) is 6.04 Å². The summed E-state index contributed by atoms with van der Waals surface area (Å²) < 4.78 is 5.43. The molecular formula is C18H34N2O2. The Bertz CT molecular complexity index is 372. The molecule has 2 aliphatic carbocycles. The number of amides is 1. The molecule has 0 aromatic carbocycles. The largest absolute Gasteiger partial charge is 0.444 e. The number of carbonyl (C=O) groups is 1. The van der Waals surface area contributed by atoms with Gasteiger partial charge in [0.1, 0.15) is 5.60 Å². The van der Waals surface area contributed by atoms with Crippen molar-refractivity contribution in [2.24, 2.45) is 5.92 Å². The maximum atomic E-state index is 12.1. The summed E-state index contributed by atoms with van der Waals surface area (Å²) in [6, 6.07) is 0.622. The minimum absolute atomic E-state index is 0.0852. The van der Waals surface area contributed by atoms with Crippen LogP contribution < -0.4 is 10.6 Å². The van der Waals surface area contributed by atoms with Crippen molar-refractivity contribution < 1.29 is 9.53 Å². The van der Waals surface area contributed by atoms with Crippen molar-refractivity contribution in [3.8, 4) is 0 Å². The second kappa shape index (κ2) is 7.20. The molecule has 0 radical (unpaired) electrons. The van der Waals surface area contributed by atoms with E-state index < -0.39 is 5.60 Å². The number of carbonyl (C=O) groups excluding carboxylic acids is 1. The molecule has 2 fully saturated rings. The second-order valence-corrected chi connectivity index (χ2v) is 8.20. The molecular weight excluding hydrogens is 276 g/mol. The first-order chi connectivity index (χ1) is 10.3. The lowest BCUT2D eigenvalue weighted by atomic mass is 9.75. The van der Waals surface area contributed by atoms with Crippen molar-refractivity contribution in [3.63, 3.8) is 0 Å². The van der Waals surface area contributed by atoms with E-state index in [1.165, 1.54) is 38.5 Å². The van der Waals surface area contributed by atoms with Crippen LogP contribution >= 0.6 is 0 Å². The van der Waals surface area contributed by atoms with E-state index in [1.54, 1.807) is 0 Å². The van der Waals surface area contributed by atoms with Gasteiger partial charge in [0, 0.05) is 12.6 Å². The van der Waals surface area contributed by atoms with Gasteiger partial charge in [-0.25, -0.2) is 4.79 Å². The number of rotatable bonds is 5. The highest BCUT2D eigenvalue weighted by Crippen LogP contribution is 2.33. The van der Waals surface area contributed by atoms with E-state index in [1.807, 2.05) is 20.8 Å². The topological polar surface area (TPSA) is 50.4 Å². The molecule has 0 aromatic rings. The highest BCUT2D eigenvalue weighted by Gasteiger charge is 2.40. The predicted molar refractivity (Wildman–Crippen MR) is 90.0 cm³/mol. The molecule has 0 spiro atoms. The number of nitrogens with one attached hydrogen (secondary N) is 2. The Kier molecular flexibility index (Phi) is 5.76. The van der Waals surface area contributed by atoms with Crippen LogP contribution in [0.25, 0.3) is 0 Å². The third kappa shape index (κ3) is 4.87. The molecule has 1 amide bonds. The standard InChI is InChI=1S/C18H34N2O2/c1-5-14-9-6-7-10-15(14)19-13-18(11-8-12-18)20-16(21)22-17(2,3)4/h14-15,19H,5-13H2,1-4H3,(H,20,21). The molecule has 4 heteroatoms. The molecule has 0 aliphatic heterocycles. The van der Waals surface area contributed by atoms with Crippen LogP contribution in [0, 0.1) is 5.92 Å². The summed E-state index contributed by atoms with van der Waals surface area (Å²) in [6.45, 7) is 8.90. The lowest BCUT2D eigenvalue weighted by Gasteiger charge is -2.44. The second-order valence-electron chi connectivity index (χ2n) is 8.20. The van der Waals surface area contributed by atoms with Gasteiger partial charge in [0.15, 0.2) is 0 Å². The van der Waals surface area contributed by atoms with E-state index in [-0.39, 0.29) is 11.6 Å². The zero-order valence-corrected chi connectivity index (χ0v) is 14.8. The fourth-order valence-corrected chi connectivity index (χ4v) is 3.76. The molecule has 0 bridgehead atoms. The summed E-state index contributed by atoms with van der Waals surface area (Å²) in [4.78, 5) is 12.1. The fraction of sp³-hybridized carbons (Fsp3) is 0.944. The van der Waals surface area contributed by atoms with Gasteiger partial charge in [-0.3, -0.25) is 0 Å². The van der Waals surface area contributed by atoms with Crippen molar-refractivity contribution in [1.82, 2.24) is 10.6 Å². The Morgan fingerprint density at radius 1 is 1.18 bits per heavy atom. The predicted octanol–water partition coefficient (Wildman–Crippen LogP) is 3.99. The third-order valence-electron chi connectivity index (χ3n) is 5.21. The van der Waals surface area contributed by atoms with E-state index in [9.17, 15) is 4.79 Å². The van der Waals surface area contributed by atoms with Gasteiger partial charge in [0.25, 0.3) is 0 Å². The van der Waals surface area contributed by atoms with Gasteiger partial charge in [0.05, 0.1) is 5.54 Å². The first kappa shape index (κ1) is 17.6. The van der Waals surface area contributed by atoms with Crippen molar-refractivity contribution in [3.05, 3.63) is 0 Å². The molecule has 2 unspecified atom stereocenters. The number of hydrogen-bond acceptors (Lipinski definition) is 3. The van der Waals surface area contributed by atoms with Crippen LogP contribution in [0.15, 0.2) is 0 Å². The summed E-state index contributed by atoms with van der Waals surface area (Å²) >= 11 is 0. The SMILES string of the molecule is CCC1CCCCC1NCC1(NC(=O)OC(C)(C)C)CCC1. The first-order valence-electron chi connectivity index (χ1n) is 9.08. The monoisotopic (exact) mass is 310 g/mol. The molecule has 128 valence electrons. The van der Waals surface area contributed by atoms with Gasteiger partial charge in [-0.1, -0.05) is 26.2 Å². The van der Waals surface area contributed by atoms with Gasteiger partial charge < -0.3 is 15.4 Å².